The second-order valence-electron chi connectivity index (χ2n) is 8.25. The number of nitrogens with one attached hydrogen (secondary N) is 1. The predicted octanol–water partition coefficient (Wildman–Crippen LogP) is 3.15. The van der Waals surface area contributed by atoms with Gasteiger partial charge in [-0.05, 0) is 43.9 Å². The van der Waals surface area contributed by atoms with E-state index < -0.39 is 0 Å². The molecule has 0 aromatic heterocycles. The third kappa shape index (κ3) is 4.94. The molecule has 2 atom stereocenters. The van der Waals surface area contributed by atoms with Gasteiger partial charge in [0.2, 0.25) is 0 Å². The zero-order valence-corrected chi connectivity index (χ0v) is 14.8. The topological polar surface area (TPSA) is 24.5 Å². The fourth-order valence-electron chi connectivity index (χ4n) is 3.68. The minimum Gasteiger partial charge on any atom is -0.380 e. The van der Waals surface area contributed by atoms with Crippen LogP contribution < -0.4 is 5.32 Å². The van der Waals surface area contributed by atoms with Crippen molar-refractivity contribution in [1.29, 1.82) is 0 Å². The number of hydrogen-bond donors (Lipinski definition) is 1. The highest BCUT2D eigenvalue weighted by Crippen LogP contribution is 2.44. The average Bonchev–Trinajstić information content (AvgIpc) is 3.22. The highest BCUT2D eigenvalue weighted by molar-refractivity contribution is 5.04. The molecule has 1 heterocycles. The van der Waals surface area contributed by atoms with Crippen LogP contribution in [0, 0.1) is 17.8 Å². The lowest BCUT2D eigenvalue weighted by atomic mass is 9.88. The Morgan fingerprint density at radius 1 is 1.19 bits per heavy atom. The molecule has 1 N–H and O–H groups in total. The van der Waals surface area contributed by atoms with E-state index >= 15 is 0 Å². The molecule has 0 aromatic rings. The summed E-state index contributed by atoms with van der Waals surface area (Å²) < 4.78 is 5.85. The molecule has 0 aromatic carbocycles. The zero-order chi connectivity index (χ0) is 15.5. The maximum absolute atomic E-state index is 5.85. The Bertz CT molecular complexity index is 314. The summed E-state index contributed by atoms with van der Waals surface area (Å²) in [6.45, 7) is 16.8. The largest absolute Gasteiger partial charge is 0.380 e. The molecule has 2 aliphatic rings. The molecule has 0 spiro atoms. The van der Waals surface area contributed by atoms with E-state index in [1.165, 1.54) is 25.8 Å². The van der Waals surface area contributed by atoms with Gasteiger partial charge in [0, 0.05) is 37.8 Å². The van der Waals surface area contributed by atoms with Crippen molar-refractivity contribution in [2.24, 2.45) is 17.8 Å². The first kappa shape index (κ1) is 17.2. The van der Waals surface area contributed by atoms with Crippen LogP contribution in [0.4, 0.5) is 0 Å². The van der Waals surface area contributed by atoms with E-state index in [2.05, 4.69) is 44.8 Å². The molecule has 3 heteroatoms. The number of ether oxygens (including phenoxy) is 1. The Balaban J connectivity index is 1.87. The Kier molecular flexibility index (Phi) is 6.10. The fraction of sp³-hybridized carbons (Fsp3) is 1.00. The van der Waals surface area contributed by atoms with Crippen LogP contribution in [0.15, 0.2) is 0 Å². The van der Waals surface area contributed by atoms with E-state index in [-0.39, 0.29) is 0 Å². The molecule has 3 nitrogen and oxygen atoms in total. The van der Waals surface area contributed by atoms with Gasteiger partial charge < -0.3 is 10.1 Å². The Morgan fingerprint density at radius 3 is 2.48 bits per heavy atom. The number of rotatable bonds is 8. The maximum Gasteiger partial charge on any atom is 0.0593 e. The van der Waals surface area contributed by atoms with Gasteiger partial charge in [-0.1, -0.05) is 27.7 Å². The van der Waals surface area contributed by atoms with Crippen molar-refractivity contribution in [2.75, 3.05) is 32.8 Å². The van der Waals surface area contributed by atoms with E-state index in [0.717, 1.165) is 38.1 Å². The van der Waals surface area contributed by atoms with Crippen LogP contribution in [-0.2, 0) is 4.74 Å². The van der Waals surface area contributed by atoms with E-state index in [4.69, 9.17) is 4.74 Å². The fourth-order valence-corrected chi connectivity index (χ4v) is 3.68. The Hall–Kier alpha value is -0.120. The molecule has 0 bridgehead atoms. The maximum atomic E-state index is 5.85. The first-order valence-corrected chi connectivity index (χ1v) is 8.98. The normalized spacial score (nSPS) is 31.3. The summed E-state index contributed by atoms with van der Waals surface area (Å²) in [5.41, 5.74) is 0.356. The van der Waals surface area contributed by atoms with Crippen molar-refractivity contribution < 1.29 is 4.74 Å². The van der Waals surface area contributed by atoms with Gasteiger partial charge in [-0.25, -0.2) is 0 Å². The third-order valence-electron chi connectivity index (χ3n) is 5.08. The van der Waals surface area contributed by atoms with Crippen molar-refractivity contribution in [3.63, 3.8) is 0 Å². The zero-order valence-electron chi connectivity index (χ0n) is 14.8. The summed E-state index contributed by atoms with van der Waals surface area (Å²) in [6, 6.07) is 0.655. The van der Waals surface area contributed by atoms with Gasteiger partial charge in [0.1, 0.15) is 0 Å². The van der Waals surface area contributed by atoms with Gasteiger partial charge in [0.05, 0.1) is 6.61 Å². The van der Waals surface area contributed by atoms with Crippen LogP contribution >= 0.6 is 0 Å². The minimum absolute atomic E-state index is 0.356. The summed E-state index contributed by atoms with van der Waals surface area (Å²) in [5, 5.41) is 3.82. The highest BCUT2D eigenvalue weighted by Gasteiger charge is 2.47. The van der Waals surface area contributed by atoms with Crippen molar-refractivity contribution in [3.8, 4) is 0 Å². The molecule has 1 saturated carbocycles. The third-order valence-corrected chi connectivity index (χ3v) is 5.08. The Labute approximate surface area is 131 Å². The standard InChI is InChI=1S/C18H36N2O/c1-14(2)10-17-11-20(8-9-21-12-15(3)4)18(5,13-19-17)16-6-7-16/h14-17,19H,6-13H2,1-5H3. The van der Waals surface area contributed by atoms with Crippen molar-refractivity contribution in [1.82, 2.24) is 10.2 Å². The van der Waals surface area contributed by atoms with Gasteiger partial charge in [-0.3, -0.25) is 4.90 Å². The lowest BCUT2D eigenvalue weighted by Crippen LogP contribution is -2.65. The SMILES string of the molecule is CC(C)COCCN1CC(CC(C)C)NCC1(C)C1CC1. The molecule has 124 valence electrons. The van der Waals surface area contributed by atoms with E-state index in [1.807, 2.05) is 0 Å². The van der Waals surface area contributed by atoms with Crippen LogP contribution in [0.1, 0.15) is 53.9 Å². The van der Waals surface area contributed by atoms with Crippen LogP contribution in [0.2, 0.25) is 0 Å². The lowest BCUT2D eigenvalue weighted by molar-refractivity contribution is 0.000610. The number of nitrogens with zero attached hydrogens (tertiary/aromatic N) is 1. The van der Waals surface area contributed by atoms with Gasteiger partial charge in [0.25, 0.3) is 0 Å². The van der Waals surface area contributed by atoms with Gasteiger partial charge in [-0.2, -0.15) is 0 Å². The highest BCUT2D eigenvalue weighted by atomic mass is 16.5. The minimum atomic E-state index is 0.356. The summed E-state index contributed by atoms with van der Waals surface area (Å²) >= 11 is 0. The molecule has 2 fully saturated rings. The van der Waals surface area contributed by atoms with E-state index in [1.54, 1.807) is 0 Å². The predicted molar refractivity (Wildman–Crippen MR) is 89.6 cm³/mol. The molecule has 2 rings (SSSR count). The number of hydrogen-bond acceptors (Lipinski definition) is 3. The lowest BCUT2D eigenvalue weighted by Gasteiger charge is -2.49. The summed E-state index contributed by atoms with van der Waals surface area (Å²) in [7, 11) is 0. The number of piperazine rings is 1. The van der Waals surface area contributed by atoms with Crippen LogP contribution in [0.25, 0.3) is 0 Å². The van der Waals surface area contributed by atoms with Crippen molar-refractivity contribution in [3.05, 3.63) is 0 Å². The Morgan fingerprint density at radius 2 is 1.90 bits per heavy atom. The second-order valence-corrected chi connectivity index (χ2v) is 8.25. The van der Waals surface area contributed by atoms with Crippen LogP contribution in [0.5, 0.6) is 0 Å². The first-order chi connectivity index (χ1) is 9.91. The molecular weight excluding hydrogens is 260 g/mol. The summed E-state index contributed by atoms with van der Waals surface area (Å²) in [6.07, 6.45) is 4.11. The van der Waals surface area contributed by atoms with E-state index in [0.29, 0.717) is 17.5 Å². The molecular formula is C18H36N2O. The molecule has 21 heavy (non-hydrogen) atoms. The summed E-state index contributed by atoms with van der Waals surface area (Å²) in [5.74, 6) is 2.30. The van der Waals surface area contributed by atoms with E-state index in [9.17, 15) is 0 Å². The molecule has 1 aliphatic heterocycles. The molecule has 1 saturated heterocycles. The first-order valence-electron chi connectivity index (χ1n) is 8.98. The van der Waals surface area contributed by atoms with Crippen molar-refractivity contribution in [2.45, 2.75) is 65.5 Å². The van der Waals surface area contributed by atoms with Gasteiger partial charge in [-0.15, -0.1) is 0 Å². The average molecular weight is 296 g/mol. The molecule has 1 aliphatic carbocycles. The summed E-state index contributed by atoms with van der Waals surface area (Å²) in [4.78, 5) is 2.73. The monoisotopic (exact) mass is 296 g/mol. The molecule has 0 radical (unpaired) electrons. The molecule has 2 unspecified atom stereocenters. The van der Waals surface area contributed by atoms with Gasteiger partial charge >= 0.3 is 0 Å². The quantitative estimate of drug-likeness (QED) is 0.696. The second kappa shape index (κ2) is 7.43. The molecule has 0 amide bonds. The van der Waals surface area contributed by atoms with Gasteiger partial charge in [0.15, 0.2) is 0 Å². The van der Waals surface area contributed by atoms with Crippen LogP contribution in [0.3, 0.4) is 0 Å². The van der Waals surface area contributed by atoms with Crippen LogP contribution in [-0.4, -0.2) is 49.3 Å². The van der Waals surface area contributed by atoms with Crippen molar-refractivity contribution >= 4 is 0 Å². The smallest absolute Gasteiger partial charge is 0.0593 e.